The van der Waals surface area contributed by atoms with Crippen LogP contribution in [-0.4, -0.2) is 23.3 Å². The fraction of sp³-hybridized carbons (Fsp3) is 0.667. The number of hydrogen-bond donors (Lipinski definition) is 2. The predicted molar refractivity (Wildman–Crippen MR) is 66.5 cm³/mol. The molecule has 0 spiro atoms. The third-order valence-corrected chi connectivity index (χ3v) is 7.11. The summed E-state index contributed by atoms with van der Waals surface area (Å²) >= 11 is 0. The van der Waals surface area contributed by atoms with Crippen molar-refractivity contribution < 1.29 is 4.43 Å². The molecule has 0 bridgehead atoms. The van der Waals surface area contributed by atoms with Crippen molar-refractivity contribution in [3.8, 4) is 6.01 Å². The first-order chi connectivity index (χ1) is 7.12. The monoisotopic (exact) mass is 241 g/mol. The molecule has 0 unspecified atom stereocenters. The van der Waals surface area contributed by atoms with Gasteiger partial charge in [0.05, 0.1) is 0 Å². The number of aromatic nitrogens is 3. The lowest BCUT2D eigenvalue weighted by atomic mass is 10.2. The van der Waals surface area contributed by atoms with E-state index in [1.807, 2.05) is 0 Å². The van der Waals surface area contributed by atoms with Crippen LogP contribution in [0.4, 0.5) is 11.9 Å². The van der Waals surface area contributed by atoms with Gasteiger partial charge < -0.3 is 15.9 Å². The van der Waals surface area contributed by atoms with Crippen LogP contribution in [0.25, 0.3) is 0 Å². The van der Waals surface area contributed by atoms with Gasteiger partial charge in [0.2, 0.25) is 11.9 Å². The molecule has 0 saturated carbocycles. The number of nitrogens with two attached hydrogens (primary N) is 2. The summed E-state index contributed by atoms with van der Waals surface area (Å²) in [5.74, 6) is 0.169. The molecule has 1 heterocycles. The highest BCUT2D eigenvalue weighted by Gasteiger charge is 2.39. The molecule has 0 amide bonds. The van der Waals surface area contributed by atoms with Crippen LogP contribution in [0.3, 0.4) is 0 Å². The van der Waals surface area contributed by atoms with Gasteiger partial charge in [-0.25, -0.2) is 0 Å². The van der Waals surface area contributed by atoms with E-state index < -0.39 is 8.32 Å². The Morgan fingerprint density at radius 2 is 1.44 bits per heavy atom. The van der Waals surface area contributed by atoms with Gasteiger partial charge in [0, 0.05) is 0 Å². The Morgan fingerprint density at radius 3 is 1.81 bits per heavy atom. The fourth-order valence-electron chi connectivity index (χ4n) is 0.815. The molecule has 1 rings (SSSR count). The van der Waals surface area contributed by atoms with Crippen LogP contribution in [-0.2, 0) is 0 Å². The number of nitrogen functional groups attached to an aromatic ring is 2. The summed E-state index contributed by atoms with van der Waals surface area (Å²) in [5.41, 5.74) is 11.0. The first-order valence-corrected chi connectivity index (χ1v) is 7.99. The highest BCUT2D eigenvalue weighted by molar-refractivity contribution is 6.74. The van der Waals surface area contributed by atoms with E-state index in [1.54, 1.807) is 0 Å². The van der Waals surface area contributed by atoms with Crippen molar-refractivity contribution in [2.45, 2.75) is 38.9 Å². The van der Waals surface area contributed by atoms with E-state index in [0.717, 1.165) is 0 Å². The van der Waals surface area contributed by atoms with Gasteiger partial charge in [0.25, 0.3) is 8.32 Å². The van der Waals surface area contributed by atoms with E-state index in [-0.39, 0.29) is 22.9 Å². The summed E-state index contributed by atoms with van der Waals surface area (Å²) in [6.07, 6.45) is 0. The average molecular weight is 241 g/mol. The Labute approximate surface area is 96.6 Å². The minimum Gasteiger partial charge on any atom is -0.517 e. The van der Waals surface area contributed by atoms with E-state index in [4.69, 9.17) is 15.9 Å². The lowest BCUT2D eigenvalue weighted by molar-refractivity contribution is 0.459. The van der Waals surface area contributed by atoms with Crippen LogP contribution in [0.15, 0.2) is 0 Å². The second-order valence-corrected chi connectivity index (χ2v) is 9.92. The molecule has 0 radical (unpaired) electrons. The van der Waals surface area contributed by atoms with Crippen LogP contribution in [0.2, 0.25) is 18.1 Å². The van der Waals surface area contributed by atoms with E-state index in [2.05, 4.69) is 48.8 Å². The van der Waals surface area contributed by atoms with Gasteiger partial charge in [-0.05, 0) is 18.1 Å². The number of anilines is 2. The second kappa shape index (κ2) is 3.89. The number of rotatable bonds is 2. The van der Waals surface area contributed by atoms with Gasteiger partial charge >= 0.3 is 6.01 Å². The van der Waals surface area contributed by atoms with Crippen molar-refractivity contribution >= 4 is 20.2 Å². The summed E-state index contributed by atoms with van der Waals surface area (Å²) in [6, 6.07) is 0.219. The Bertz CT molecular complexity index is 368. The Kier molecular flexibility index (Phi) is 3.09. The van der Waals surface area contributed by atoms with Crippen molar-refractivity contribution in [2.75, 3.05) is 11.5 Å². The van der Waals surface area contributed by atoms with Gasteiger partial charge in [0.15, 0.2) is 0 Å². The standard InChI is InChI=1S/C9H19N5OSi/c1-9(2,3)16(4,5)15-8-13-6(10)12-7(11)14-8/h1-5H3,(H4,10,11,12,13,14). The summed E-state index contributed by atoms with van der Waals surface area (Å²) in [4.78, 5) is 11.5. The minimum absolute atomic E-state index is 0.0726. The average Bonchev–Trinajstić information content (AvgIpc) is 1.97. The number of nitrogens with zero attached hydrogens (tertiary/aromatic N) is 3. The van der Waals surface area contributed by atoms with Crippen LogP contribution in [0, 0.1) is 0 Å². The fourth-order valence-corrected chi connectivity index (χ4v) is 1.67. The summed E-state index contributed by atoms with van der Waals surface area (Å²) in [6.45, 7) is 10.6. The van der Waals surface area contributed by atoms with Crippen molar-refractivity contribution in [2.24, 2.45) is 0 Å². The lowest BCUT2D eigenvalue weighted by Gasteiger charge is -2.35. The Balaban J connectivity index is 2.96. The van der Waals surface area contributed by atoms with Crippen molar-refractivity contribution in [1.82, 2.24) is 15.0 Å². The van der Waals surface area contributed by atoms with Gasteiger partial charge in [-0.1, -0.05) is 20.8 Å². The maximum atomic E-state index is 5.84. The minimum atomic E-state index is -1.96. The van der Waals surface area contributed by atoms with Crippen LogP contribution in [0.1, 0.15) is 20.8 Å². The van der Waals surface area contributed by atoms with Gasteiger partial charge in [-0.2, -0.15) is 15.0 Å². The molecule has 0 aliphatic heterocycles. The Morgan fingerprint density at radius 1 is 1.00 bits per heavy atom. The molecule has 0 aliphatic rings. The molecule has 0 saturated heterocycles. The maximum Gasteiger partial charge on any atom is 0.309 e. The molecule has 0 aromatic carbocycles. The predicted octanol–water partition coefficient (Wildman–Crippen LogP) is 1.42. The molecule has 7 heteroatoms. The zero-order valence-corrected chi connectivity index (χ0v) is 11.4. The van der Waals surface area contributed by atoms with Crippen molar-refractivity contribution in [3.05, 3.63) is 0 Å². The molecule has 16 heavy (non-hydrogen) atoms. The first kappa shape index (κ1) is 12.7. The third-order valence-electron chi connectivity index (χ3n) is 2.80. The van der Waals surface area contributed by atoms with Crippen molar-refractivity contribution in [3.63, 3.8) is 0 Å². The van der Waals surface area contributed by atoms with E-state index in [9.17, 15) is 0 Å². The molecule has 90 valence electrons. The SMILES string of the molecule is CC(C)(C)[Si](C)(C)Oc1nc(N)nc(N)n1. The third kappa shape index (κ3) is 2.81. The van der Waals surface area contributed by atoms with Gasteiger partial charge in [0.1, 0.15) is 0 Å². The number of hydrogen-bond acceptors (Lipinski definition) is 6. The topological polar surface area (TPSA) is 99.9 Å². The second-order valence-electron chi connectivity index (χ2n) is 5.20. The lowest BCUT2D eigenvalue weighted by Crippen LogP contribution is -2.44. The highest BCUT2D eigenvalue weighted by Crippen LogP contribution is 2.36. The molecule has 0 fully saturated rings. The smallest absolute Gasteiger partial charge is 0.309 e. The molecule has 6 nitrogen and oxygen atoms in total. The summed E-state index contributed by atoms with van der Waals surface area (Å²) in [7, 11) is -1.96. The van der Waals surface area contributed by atoms with E-state index in [0.29, 0.717) is 0 Å². The van der Waals surface area contributed by atoms with E-state index >= 15 is 0 Å². The van der Waals surface area contributed by atoms with Crippen LogP contribution in [0.5, 0.6) is 6.01 Å². The molecule has 4 N–H and O–H groups in total. The summed E-state index contributed by atoms with van der Waals surface area (Å²) < 4.78 is 5.84. The zero-order valence-electron chi connectivity index (χ0n) is 10.4. The maximum absolute atomic E-state index is 5.84. The normalized spacial score (nSPS) is 12.6. The van der Waals surface area contributed by atoms with Gasteiger partial charge in [-0.15, -0.1) is 0 Å². The molecule has 0 atom stereocenters. The van der Waals surface area contributed by atoms with E-state index in [1.165, 1.54) is 0 Å². The zero-order chi connectivity index (χ0) is 12.6. The molecular weight excluding hydrogens is 222 g/mol. The Hall–Kier alpha value is -1.37. The molecule has 0 aliphatic carbocycles. The largest absolute Gasteiger partial charge is 0.517 e. The quantitative estimate of drug-likeness (QED) is 0.759. The van der Waals surface area contributed by atoms with Gasteiger partial charge in [-0.3, -0.25) is 0 Å². The molecule has 1 aromatic heterocycles. The highest BCUT2D eigenvalue weighted by atomic mass is 28.4. The van der Waals surface area contributed by atoms with Crippen LogP contribution >= 0.6 is 0 Å². The molecular formula is C9H19N5OSi. The van der Waals surface area contributed by atoms with Crippen molar-refractivity contribution in [1.29, 1.82) is 0 Å². The van der Waals surface area contributed by atoms with Crippen LogP contribution < -0.4 is 15.9 Å². The summed E-state index contributed by atoms with van der Waals surface area (Å²) in [5, 5.41) is 0.0726. The molecule has 1 aromatic rings. The first-order valence-electron chi connectivity index (χ1n) is 5.08.